The van der Waals surface area contributed by atoms with Crippen molar-refractivity contribution in [3.63, 3.8) is 0 Å². The van der Waals surface area contributed by atoms with Crippen molar-refractivity contribution in [3.8, 4) is 11.1 Å². The molecule has 8 rings (SSSR count). The number of aromatic nitrogens is 2. The normalized spacial score (nSPS) is 12.7. The van der Waals surface area contributed by atoms with Crippen molar-refractivity contribution in [2.75, 3.05) is 4.90 Å². The van der Waals surface area contributed by atoms with E-state index < -0.39 is 0 Å². The summed E-state index contributed by atoms with van der Waals surface area (Å²) in [6.07, 6.45) is 2.14. The molecule has 7 aromatic rings. The molecule has 0 spiro atoms. The highest BCUT2D eigenvalue weighted by atomic mass is 32.2. The van der Waals surface area contributed by atoms with E-state index in [0.717, 1.165) is 22.4 Å². The van der Waals surface area contributed by atoms with E-state index in [4.69, 9.17) is 4.98 Å². The molecular weight excluding hydrogens is 470 g/mol. The summed E-state index contributed by atoms with van der Waals surface area (Å²) in [7, 11) is 0. The van der Waals surface area contributed by atoms with Crippen LogP contribution in [0.3, 0.4) is 0 Å². The van der Waals surface area contributed by atoms with Crippen LogP contribution < -0.4 is 4.90 Å². The lowest BCUT2D eigenvalue weighted by atomic mass is 10.0. The van der Waals surface area contributed by atoms with Crippen LogP contribution in [0.15, 0.2) is 137 Å². The minimum atomic E-state index is 0.993. The van der Waals surface area contributed by atoms with E-state index in [0.29, 0.717) is 0 Å². The molecule has 3 heterocycles. The maximum atomic E-state index is 5.00. The first kappa shape index (κ1) is 20.6. The number of rotatable bonds is 2. The monoisotopic (exact) mass is 491 g/mol. The maximum Gasteiger partial charge on any atom is 0.145 e. The second-order valence-corrected chi connectivity index (χ2v) is 10.4. The fraction of sp³-hybridized carbons (Fsp3) is 0. The number of fused-ring (bicyclic) bond motifs is 7. The molecule has 0 saturated heterocycles. The summed E-state index contributed by atoms with van der Waals surface area (Å²) in [6.45, 7) is 0. The summed E-state index contributed by atoms with van der Waals surface area (Å²) in [6, 6.07) is 43.3. The summed E-state index contributed by atoms with van der Waals surface area (Å²) in [4.78, 5) is 9.90. The molecule has 0 bridgehead atoms. The van der Waals surface area contributed by atoms with Crippen LogP contribution in [0.25, 0.3) is 38.6 Å². The Morgan fingerprint density at radius 2 is 1.41 bits per heavy atom. The predicted molar refractivity (Wildman–Crippen MR) is 154 cm³/mol. The van der Waals surface area contributed by atoms with Gasteiger partial charge in [-0.05, 0) is 65.0 Å². The zero-order valence-electron chi connectivity index (χ0n) is 19.9. The van der Waals surface area contributed by atoms with Gasteiger partial charge in [0.05, 0.1) is 22.4 Å². The molecule has 0 saturated carbocycles. The molecule has 174 valence electrons. The zero-order valence-corrected chi connectivity index (χ0v) is 20.7. The van der Waals surface area contributed by atoms with Crippen LogP contribution in [0.2, 0.25) is 0 Å². The summed E-state index contributed by atoms with van der Waals surface area (Å²) >= 11 is 1.84. The molecule has 3 nitrogen and oxygen atoms in total. The van der Waals surface area contributed by atoms with Crippen LogP contribution in [0.1, 0.15) is 0 Å². The van der Waals surface area contributed by atoms with Crippen molar-refractivity contribution in [1.82, 2.24) is 9.38 Å². The third-order valence-corrected chi connectivity index (χ3v) is 8.28. The SMILES string of the molecule is c1ccc(-c2ccc3c(c2)Sc2ccccc2N3c2ccc3nc4c5ccccc5ccn4c3c2)cc1. The van der Waals surface area contributed by atoms with Crippen molar-refractivity contribution in [2.45, 2.75) is 9.79 Å². The number of pyridine rings is 1. The van der Waals surface area contributed by atoms with Crippen LogP contribution in [0.4, 0.5) is 17.1 Å². The average molecular weight is 492 g/mol. The van der Waals surface area contributed by atoms with E-state index in [9.17, 15) is 0 Å². The fourth-order valence-corrected chi connectivity index (χ4v) is 6.50. The molecule has 0 radical (unpaired) electrons. The molecule has 2 aromatic heterocycles. The van der Waals surface area contributed by atoms with E-state index in [1.54, 1.807) is 0 Å². The summed E-state index contributed by atoms with van der Waals surface area (Å²) in [5, 5.41) is 2.37. The highest BCUT2D eigenvalue weighted by molar-refractivity contribution is 7.99. The van der Waals surface area contributed by atoms with Gasteiger partial charge in [0.1, 0.15) is 5.65 Å². The van der Waals surface area contributed by atoms with Crippen molar-refractivity contribution in [2.24, 2.45) is 0 Å². The Hall–Kier alpha value is -4.54. The smallest absolute Gasteiger partial charge is 0.145 e. The summed E-state index contributed by atoms with van der Waals surface area (Å²) in [5.74, 6) is 0. The molecule has 0 aliphatic carbocycles. The summed E-state index contributed by atoms with van der Waals surface area (Å²) < 4.78 is 2.21. The van der Waals surface area contributed by atoms with Gasteiger partial charge < -0.3 is 4.90 Å². The van der Waals surface area contributed by atoms with Gasteiger partial charge in [0.2, 0.25) is 0 Å². The molecule has 1 aliphatic rings. The predicted octanol–water partition coefficient (Wildman–Crippen LogP) is 9.24. The van der Waals surface area contributed by atoms with E-state index in [1.807, 2.05) is 11.8 Å². The second-order valence-electron chi connectivity index (χ2n) is 9.34. The van der Waals surface area contributed by atoms with Gasteiger partial charge in [-0.2, -0.15) is 0 Å². The topological polar surface area (TPSA) is 20.5 Å². The fourth-order valence-electron chi connectivity index (χ4n) is 5.41. The number of hydrogen-bond donors (Lipinski definition) is 0. The van der Waals surface area contributed by atoms with Gasteiger partial charge in [0.15, 0.2) is 0 Å². The largest absolute Gasteiger partial charge is 0.308 e. The Kier molecular flexibility index (Phi) is 4.45. The van der Waals surface area contributed by atoms with Gasteiger partial charge in [-0.1, -0.05) is 84.6 Å². The zero-order chi connectivity index (χ0) is 24.3. The van der Waals surface area contributed by atoms with Crippen LogP contribution in [0, 0.1) is 0 Å². The molecule has 5 aromatic carbocycles. The molecule has 0 fully saturated rings. The number of benzene rings is 5. The molecule has 1 aliphatic heterocycles. The van der Waals surface area contributed by atoms with Gasteiger partial charge in [0.25, 0.3) is 0 Å². The Morgan fingerprint density at radius 1 is 0.595 bits per heavy atom. The first-order chi connectivity index (χ1) is 18.3. The van der Waals surface area contributed by atoms with Gasteiger partial charge in [0, 0.05) is 27.1 Å². The molecule has 4 heteroatoms. The first-order valence-corrected chi connectivity index (χ1v) is 13.2. The molecule has 0 unspecified atom stereocenters. The second kappa shape index (κ2) is 7.99. The van der Waals surface area contributed by atoms with Crippen LogP contribution in [-0.2, 0) is 0 Å². The lowest BCUT2D eigenvalue weighted by molar-refractivity contribution is 1.17. The Labute approximate surface area is 218 Å². The Morgan fingerprint density at radius 3 is 2.35 bits per heavy atom. The van der Waals surface area contributed by atoms with Crippen molar-refractivity contribution in [3.05, 3.63) is 128 Å². The lowest BCUT2D eigenvalue weighted by Crippen LogP contribution is -2.14. The highest BCUT2D eigenvalue weighted by Gasteiger charge is 2.25. The number of imidazole rings is 1. The highest BCUT2D eigenvalue weighted by Crippen LogP contribution is 2.52. The molecule has 37 heavy (non-hydrogen) atoms. The van der Waals surface area contributed by atoms with E-state index in [2.05, 4.69) is 137 Å². The number of para-hydroxylation sites is 1. The van der Waals surface area contributed by atoms with E-state index in [1.165, 1.54) is 43.1 Å². The van der Waals surface area contributed by atoms with E-state index in [-0.39, 0.29) is 0 Å². The quantitative estimate of drug-likeness (QED) is 0.240. The van der Waals surface area contributed by atoms with Gasteiger partial charge in [-0.3, -0.25) is 4.40 Å². The minimum Gasteiger partial charge on any atom is -0.308 e. The molecule has 0 atom stereocenters. The van der Waals surface area contributed by atoms with Crippen LogP contribution >= 0.6 is 11.8 Å². The average Bonchev–Trinajstić information content (AvgIpc) is 3.34. The maximum absolute atomic E-state index is 5.00. The van der Waals surface area contributed by atoms with Gasteiger partial charge >= 0.3 is 0 Å². The minimum absolute atomic E-state index is 0.993. The Bertz CT molecular complexity index is 1970. The van der Waals surface area contributed by atoms with Crippen molar-refractivity contribution < 1.29 is 0 Å². The Balaban J connectivity index is 1.34. The van der Waals surface area contributed by atoms with Crippen molar-refractivity contribution >= 4 is 56.3 Å². The molecular formula is C33H21N3S. The molecule has 0 amide bonds. The van der Waals surface area contributed by atoms with E-state index >= 15 is 0 Å². The number of hydrogen-bond acceptors (Lipinski definition) is 3. The third-order valence-electron chi connectivity index (χ3n) is 7.17. The molecule has 0 N–H and O–H groups in total. The standard InChI is InChI=1S/C33H21N3S/c1-2-8-22(9-3-1)24-14-17-29-32(20-24)37-31-13-7-6-12-28(31)36(29)25-15-16-27-30(21-25)35-19-18-23-10-4-5-11-26(23)33(35)34-27/h1-21H. The number of nitrogens with zero attached hydrogens (tertiary/aromatic N) is 3. The van der Waals surface area contributed by atoms with Crippen LogP contribution in [0.5, 0.6) is 0 Å². The van der Waals surface area contributed by atoms with Gasteiger partial charge in [-0.15, -0.1) is 0 Å². The van der Waals surface area contributed by atoms with Gasteiger partial charge in [-0.25, -0.2) is 4.98 Å². The lowest BCUT2D eigenvalue weighted by Gasteiger charge is -2.33. The number of anilines is 3. The summed E-state index contributed by atoms with van der Waals surface area (Å²) in [5.41, 5.74) is 9.09. The first-order valence-electron chi connectivity index (χ1n) is 12.4. The third kappa shape index (κ3) is 3.19. The van der Waals surface area contributed by atoms with Crippen molar-refractivity contribution in [1.29, 1.82) is 0 Å². The van der Waals surface area contributed by atoms with Crippen LogP contribution in [-0.4, -0.2) is 9.38 Å².